The average Bonchev–Trinajstić information content (AvgIpc) is 3.46. The quantitative estimate of drug-likeness (QED) is 0.342. The van der Waals surface area contributed by atoms with Gasteiger partial charge >= 0.3 is 5.97 Å². The van der Waals surface area contributed by atoms with E-state index in [1.54, 1.807) is 6.07 Å². The first-order chi connectivity index (χ1) is 15.4. The van der Waals surface area contributed by atoms with E-state index in [9.17, 15) is 9.90 Å². The molecular weight excluding hydrogens is 402 g/mol. The van der Waals surface area contributed by atoms with Crippen LogP contribution in [-0.2, 0) is 12.8 Å². The first-order valence-electron chi connectivity index (χ1n) is 11.4. The molecule has 0 saturated carbocycles. The number of carbonyl (C=O) groups is 1. The molecular formula is C27H29NO4. The Bertz CT molecular complexity index is 1250. The minimum atomic E-state index is -1.07. The molecule has 0 saturated heterocycles. The Balaban J connectivity index is 1.68. The van der Waals surface area contributed by atoms with Gasteiger partial charge in [-0.15, -0.1) is 0 Å². The molecule has 0 amide bonds. The van der Waals surface area contributed by atoms with Crippen molar-refractivity contribution in [1.29, 1.82) is 0 Å². The van der Waals surface area contributed by atoms with Gasteiger partial charge in [0.1, 0.15) is 5.58 Å². The molecule has 1 aliphatic rings. The summed E-state index contributed by atoms with van der Waals surface area (Å²) in [5.41, 5.74) is 4.51. The number of carboxylic acids is 1. The van der Waals surface area contributed by atoms with Gasteiger partial charge < -0.3 is 13.9 Å². The van der Waals surface area contributed by atoms with Gasteiger partial charge in [0.2, 0.25) is 11.6 Å². The number of aromatic nitrogens is 1. The van der Waals surface area contributed by atoms with Gasteiger partial charge in [0.05, 0.1) is 5.69 Å². The highest BCUT2D eigenvalue weighted by molar-refractivity contribution is 5.85. The number of benzene rings is 1. The number of para-hydroxylation sites is 1. The van der Waals surface area contributed by atoms with Crippen LogP contribution in [-0.4, -0.2) is 15.6 Å². The second-order valence-electron chi connectivity index (χ2n) is 9.56. The van der Waals surface area contributed by atoms with Crippen LogP contribution in [0.2, 0.25) is 0 Å². The zero-order valence-corrected chi connectivity index (χ0v) is 18.9. The lowest BCUT2D eigenvalue weighted by Gasteiger charge is -2.33. The van der Waals surface area contributed by atoms with Crippen molar-refractivity contribution in [2.75, 3.05) is 0 Å². The topological polar surface area (TPSA) is 68.5 Å². The molecule has 1 N–H and O–H groups in total. The highest BCUT2D eigenvalue weighted by Crippen LogP contribution is 2.42. The van der Waals surface area contributed by atoms with Gasteiger partial charge in [0, 0.05) is 17.1 Å². The van der Waals surface area contributed by atoms with Crippen molar-refractivity contribution in [3.05, 3.63) is 65.5 Å². The van der Waals surface area contributed by atoms with Crippen molar-refractivity contribution in [2.45, 2.75) is 52.9 Å². The zero-order chi connectivity index (χ0) is 22.5. The lowest BCUT2D eigenvalue weighted by atomic mass is 9.72. The maximum absolute atomic E-state index is 11.5. The molecule has 0 radical (unpaired) electrons. The molecule has 1 atom stereocenters. The fourth-order valence-corrected chi connectivity index (χ4v) is 4.99. The van der Waals surface area contributed by atoms with Gasteiger partial charge in [-0.3, -0.25) is 4.57 Å². The van der Waals surface area contributed by atoms with Gasteiger partial charge in [0.15, 0.2) is 5.76 Å². The van der Waals surface area contributed by atoms with Crippen LogP contribution in [0.3, 0.4) is 0 Å². The molecule has 5 nitrogen and oxygen atoms in total. The molecule has 0 fully saturated rings. The molecule has 32 heavy (non-hydrogen) atoms. The van der Waals surface area contributed by atoms with E-state index in [-0.39, 0.29) is 11.2 Å². The van der Waals surface area contributed by atoms with E-state index in [1.165, 1.54) is 23.7 Å². The molecule has 1 aromatic carbocycles. The minimum absolute atomic E-state index is 0.0587. The average molecular weight is 432 g/mol. The first kappa shape index (κ1) is 20.7. The second kappa shape index (κ2) is 7.73. The summed E-state index contributed by atoms with van der Waals surface area (Å²) in [4.78, 5) is 11.5. The molecule has 5 rings (SSSR count). The Morgan fingerprint density at radius 3 is 2.69 bits per heavy atom. The molecule has 3 aromatic heterocycles. The molecule has 0 bridgehead atoms. The Morgan fingerprint density at radius 2 is 1.97 bits per heavy atom. The van der Waals surface area contributed by atoms with E-state index in [4.69, 9.17) is 8.83 Å². The molecule has 0 spiro atoms. The summed E-state index contributed by atoms with van der Waals surface area (Å²) in [6, 6.07) is 15.5. The molecule has 0 aliphatic heterocycles. The third-order valence-corrected chi connectivity index (χ3v) is 7.34. The number of rotatable bonds is 5. The molecule has 4 aromatic rings. The molecule has 1 aliphatic carbocycles. The number of aromatic carboxylic acids is 1. The molecule has 1 unspecified atom stereocenters. The van der Waals surface area contributed by atoms with Crippen LogP contribution in [0.25, 0.3) is 28.3 Å². The van der Waals surface area contributed by atoms with Crippen molar-refractivity contribution in [1.82, 2.24) is 4.57 Å². The number of nitrogens with zero attached hydrogens (tertiary/aromatic N) is 1. The number of furan rings is 2. The largest absolute Gasteiger partial charge is 0.475 e. The number of carboxylic acid groups (broad SMARTS) is 1. The zero-order valence-electron chi connectivity index (χ0n) is 18.9. The van der Waals surface area contributed by atoms with Crippen LogP contribution in [0.1, 0.15) is 61.8 Å². The SMILES string of the molecule is CCC(C)(C)C1CCCc2c(cc(-c3cc4ccccc4o3)n2-c2ccc(C(=O)O)o2)C1. The van der Waals surface area contributed by atoms with Crippen molar-refractivity contribution in [2.24, 2.45) is 11.3 Å². The monoisotopic (exact) mass is 431 g/mol. The highest BCUT2D eigenvalue weighted by Gasteiger charge is 2.32. The lowest BCUT2D eigenvalue weighted by Crippen LogP contribution is -2.24. The summed E-state index contributed by atoms with van der Waals surface area (Å²) in [7, 11) is 0. The van der Waals surface area contributed by atoms with Crippen LogP contribution >= 0.6 is 0 Å². The summed E-state index contributed by atoms with van der Waals surface area (Å²) >= 11 is 0. The van der Waals surface area contributed by atoms with E-state index in [0.29, 0.717) is 11.8 Å². The fourth-order valence-electron chi connectivity index (χ4n) is 4.99. The Labute approximate surface area is 187 Å². The highest BCUT2D eigenvalue weighted by atomic mass is 16.4. The lowest BCUT2D eigenvalue weighted by molar-refractivity contribution is 0.0662. The molecule has 166 valence electrons. The Morgan fingerprint density at radius 1 is 1.16 bits per heavy atom. The van der Waals surface area contributed by atoms with Crippen LogP contribution in [0.15, 0.2) is 57.4 Å². The van der Waals surface area contributed by atoms with Crippen LogP contribution < -0.4 is 0 Å². The van der Waals surface area contributed by atoms with Crippen LogP contribution in [0.5, 0.6) is 0 Å². The van der Waals surface area contributed by atoms with E-state index in [0.717, 1.165) is 48.1 Å². The molecule has 3 heterocycles. The fraction of sp³-hybridized carbons (Fsp3) is 0.370. The number of fused-ring (bicyclic) bond motifs is 2. The predicted molar refractivity (Wildman–Crippen MR) is 124 cm³/mol. The van der Waals surface area contributed by atoms with Gasteiger partial charge in [0.25, 0.3) is 0 Å². The van der Waals surface area contributed by atoms with Crippen molar-refractivity contribution >= 4 is 16.9 Å². The van der Waals surface area contributed by atoms with E-state index < -0.39 is 5.97 Å². The minimum Gasteiger partial charge on any atom is -0.475 e. The van der Waals surface area contributed by atoms with Gasteiger partial charge in [-0.2, -0.15) is 0 Å². The summed E-state index contributed by atoms with van der Waals surface area (Å²) in [5.74, 6) is 0.756. The summed E-state index contributed by atoms with van der Waals surface area (Å²) in [6.07, 6.45) is 5.35. The third-order valence-electron chi connectivity index (χ3n) is 7.34. The number of hydrogen-bond donors (Lipinski definition) is 1. The number of hydrogen-bond acceptors (Lipinski definition) is 3. The summed E-state index contributed by atoms with van der Waals surface area (Å²) in [6.45, 7) is 7.00. The maximum Gasteiger partial charge on any atom is 0.371 e. The summed E-state index contributed by atoms with van der Waals surface area (Å²) in [5, 5.41) is 10.4. The van der Waals surface area contributed by atoms with E-state index in [1.807, 2.05) is 24.3 Å². The normalized spacial score (nSPS) is 16.8. The van der Waals surface area contributed by atoms with Gasteiger partial charge in [-0.05, 0) is 66.8 Å². The van der Waals surface area contributed by atoms with Crippen LogP contribution in [0, 0.1) is 11.3 Å². The van der Waals surface area contributed by atoms with Gasteiger partial charge in [-0.25, -0.2) is 4.79 Å². The van der Waals surface area contributed by atoms with Crippen molar-refractivity contribution < 1.29 is 18.7 Å². The van der Waals surface area contributed by atoms with Crippen molar-refractivity contribution in [3.63, 3.8) is 0 Å². The maximum atomic E-state index is 11.5. The second-order valence-corrected chi connectivity index (χ2v) is 9.56. The Kier molecular flexibility index (Phi) is 5.00. The van der Waals surface area contributed by atoms with E-state index in [2.05, 4.69) is 37.5 Å². The van der Waals surface area contributed by atoms with Gasteiger partial charge in [-0.1, -0.05) is 45.4 Å². The van der Waals surface area contributed by atoms with Crippen molar-refractivity contribution in [3.8, 4) is 17.3 Å². The smallest absolute Gasteiger partial charge is 0.371 e. The predicted octanol–water partition coefficient (Wildman–Crippen LogP) is 7.11. The third kappa shape index (κ3) is 3.46. The Hall–Kier alpha value is -3.21. The standard InChI is InChI=1S/C27H29NO4/c1-4-27(2,3)19-9-7-10-20-18(14-19)15-21(24-16-17-8-5-6-11-22(17)31-24)28(20)25-13-12-23(32-25)26(29)30/h5-6,8,11-13,15-16,19H,4,7,9-10,14H2,1-3H3,(H,29,30). The first-order valence-corrected chi connectivity index (χ1v) is 11.4. The van der Waals surface area contributed by atoms with E-state index >= 15 is 0 Å². The van der Waals surface area contributed by atoms with Crippen LogP contribution in [0.4, 0.5) is 0 Å². The summed E-state index contributed by atoms with van der Waals surface area (Å²) < 4.78 is 14.1. The molecule has 5 heteroatoms.